The Morgan fingerprint density at radius 1 is 1.27 bits per heavy atom. The molecule has 0 unspecified atom stereocenters. The normalized spacial score (nSPS) is 11.1. The maximum atomic E-state index is 10.7. The molecule has 15 heavy (non-hydrogen) atoms. The van der Waals surface area contributed by atoms with Crippen LogP contribution in [0.15, 0.2) is 54.3 Å². The Morgan fingerprint density at radius 3 is 2.40 bits per heavy atom. The summed E-state index contributed by atoms with van der Waals surface area (Å²) < 4.78 is 0. The Labute approximate surface area is 89.1 Å². The molecule has 1 rings (SSSR count). The number of carbonyl (C=O) groups is 1. The van der Waals surface area contributed by atoms with Gasteiger partial charge in [-0.15, -0.1) is 0 Å². The van der Waals surface area contributed by atoms with Crippen LogP contribution >= 0.6 is 0 Å². The molecule has 0 aliphatic heterocycles. The van der Waals surface area contributed by atoms with Gasteiger partial charge in [-0.3, -0.25) is 4.79 Å². The smallest absolute Gasteiger partial charge is 0.264 e. The summed E-state index contributed by atoms with van der Waals surface area (Å²) >= 11 is 0. The minimum atomic E-state index is -0.621. The first kappa shape index (κ1) is 11.0. The number of rotatable bonds is 4. The van der Waals surface area contributed by atoms with Gasteiger partial charge in [-0.1, -0.05) is 36.9 Å². The maximum absolute atomic E-state index is 10.7. The van der Waals surface area contributed by atoms with Crippen molar-refractivity contribution in [2.45, 2.75) is 6.42 Å². The van der Waals surface area contributed by atoms with Gasteiger partial charge >= 0.3 is 0 Å². The lowest BCUT2D eigenvalue weighted by molar-refractivity contribution is -0.114. The Bertz CT molecular complexity index is 393. The minimum absolute atomic E-state index is 0.0379. The molecule has 0 bridgehead atoms. The summed E-state index contributed by atoms with van der Waals surface area (Å²) in [6, 6.07) is 9.81. The molecule has 4 N–H and O–H groups in total. The molecule has 0 aliphatic carbocycles. The van der Waals surface area contributed by atoms with E-state index in [0.29, 0.717) is 6.42 Å². The van der Waals surface area contributed by atoms with Crippen molar-refractivity contribution in [1.29, 1.82) is 0 Å². The fourth-order valence-electron chi connectivity index (χ4n) is 1.20. The standard InChI is InChI=1S/C12H14N2O/c1-9(8-11(13)12(14)15)7-10-5-3-2-4-6-10/h2-6,8H,1,7,13H2,(H2,14,15)/b11-8-. The summed E-state index contributed by atoms with van der Waals surface area (Å²) in [7, 11) is 0. The number of carbonyl (C=O) groups excluding carboxylic acids is 1. The molecule has 78 valence electrons. The zero-order valence-electron chi connectivity index (χ0n) is 8.44. The summed E-state index contributed by atoms with van der Waals surface area (Å²) in [4.78, 5) is 10.7. The second-order valence-electron chi connectivity index (χ2n) is 3.28. The van der Waals surface area contributed by atoms with E-state index in [0.717, 1.165) is 11.1 Å². The van der Waals surface area contributed by atoms with E-state index in [2.05, 4.69) is 6.58 Å². The van der Waals surface area contributed by atoms with E-state index in [4.69, 9.17) is 11.5 Å². The average molecular weight is 202 g/mol. The number of allylic oxidation sites excluding steroid dienone is 2. The highest BCUT2D eigenvalue weighted by atomic mass is 16.1. The summed E-state index contributed by atoms with van der Waals surface area (Å²) in [5, 5.41) is 0. The molecule has 0 aliphatic rings. The zero-order chi connectivity index (χ0) is 11.3. The lowest BCUT2D eigenvalue weighted by Gasteiger charge is -2.01. The van der Waals surface area contributed by atoms with E-state index in [-0.39, 0.29) is 5.70 Å². The number of nitrogens with two attached hydrogens (primary N) is 2. The van der Waals surface area contributed by atoms with Gasteiger partial charge in [0.25, 0.3) is 5.91 Å². The van der Waals surface area contributed by atoms with Gasteiger partial charge in [0.15, 0.2) is 0 Å². The van der Waals surface area contributed by atoms with Crippen LogP contribution in [0.2, 0.25) is 0 Å². The van der Waals surface area contributed by atoms with Crippen LogP contribution in [-0.4, -0.2) is 5.91 Å². The third-order valence-electron chi connectivity index (χ3n) is 1.92. The molecule has 0 saturated heterocycles. The molecule has 0 atom stereocenters. The van der Waals surface area contributed by atoms with Crippen molar-refractivity contribution in [3.63, 3.8) is 0 Å². The van der Waals surface area contributed by atoms with Crippen molar-refractivity contribution in [3.05, 3.63) is 59.8 Å². The number of hydrogen-bond acceptors (Lipinski definition) is 2. The van der Waals surface area contributed by atoms with Gasteiger partial charge in [-0.05, 0) is 23.6 Å². The largest absolute Gasteiger partial charge is 0.394 e. The maximum Gasteiger partial charge on any atom is 0.264 e. The van der Waals surface area contributed by atoms with Crippen LogP contribution in [0.5, 0.6) is 0 Å². The van der Waals surface area contributed by atoms with E-state index in [9.17, 15) is 4.79 Å². The minimum Gasteiger partial charge on any atom is -0.394 e. The van der Waals surface area contributed by atoms with Crippen LogP contribution < -0.4 is 11.5 Å². The first-order chi connectivity index (χ1) is 7.09. The van der Waals surface area contributed by atoms with Crippen LogP contribution in [0.25, 0.3) is 0 Å². The van der Waals surface area contributed by atoms with Crippen molar-refractivity contribution in [1.82, 2.24) is 0 Å². The van der Waals surface area contributed by atoms with E-state index >= 15 is 0 Å². The molecular formula is C12H14N2O. The third kappa shape index (κ3) is 3.68. The molecule has 3 nitrogen and oxygen atoms in total. The fraction of sp³-hybridized carbons (Fsp3) is 0.0833. The second kappa shape index (κ2) is 5.00. The number of primary amides is 1. The van der Waals surface area contributed by atoms with Gasteiger partial charge in [-0.25, -0.2) is 0 Å². The number of benzene rings is 1. The topological polar surface area (TPSA) is 69.1 Å². The quantitative estimate of drug-likeness (QED) is 0.567. The third-order valence-corrected chi connectivity index (χ3v) is 1.92. The monoisotopic (exact) mass is 202 g/mol. The van der Waals surface area contributed by atoms with Crippen LogP contribution in [0.4, 0.5) is 0 Å². The summed E-state index contributed by atoms with van der Waals surface area (Å²) in [5.41, 5.74) is 12.3. The van der Waals surface area contributed by atoms with Gasteiger partial charge in [0, 0.05) is 0 Å². The SMILES string of the molecule is C=C(/C=C(\N)C(N)=O)Cc1ccccc1. The second-order valence-corrected chi connectivity index (χ2v) is 3.28. The van der Waals surface area contributed by atoms with Gasteiger partial charge in [-0.2, -0.15) is 0 Å². The molecule has 1 aromatic carbocycles. The predicted molar refractivity (Wildman–Crippen MR) is 60.8 cm³/mol. The van der Waals surface area contributed by atoms with Crippen molar-refractivity contribution in [3.8, 4) is 0 Å². The molecule has 1 aromatic rings. The van der Waals surface area contributed by atoms with E-state index in [1.807, 2.05) is 30.3 Å². The Balaban J connectivity index is 2.65. The highest BCUT2D eigenvalue weighted by molar-refractivity contribution is 5.91. The molecule has 0 saturated carbocycles. The van der Waals surface area contributed by atoms with Crippen molar-refractivity contribution in [2.24, 2.45) is 11.5 Å². The van der Waals surface area contributed by atoms with E-state index in [1.54, 1.807) is 0 Å². The number of hydrogen-bond donors (Lipinski definition) is 2. The first-order valence-corrected chi connectivity index (χ1v) is 4.58. The summed E-state index contributed by atoms with van der Waals surface area (Å²) in [6.45, 7) is 3.81. The van der Waals surface area contributed by atoms with Gasteiger partial charge < -0.3 is 11.5 Å². The van der Waals surface area contributed by atoms with Crippen molar-refractivity contribution >= 4 is 5.91 Å². The van der Waals surface area contributed by atoms with Crippen LogP contribution in [0, 0.1) is 0 Å². The lowest BCUT2D eigenvalue weighted by Crippen LogP contribution is -2.20. The fourth-order valence-corrected chi connectivity index (χ4v) is 1.20. The van der Waals surface area contributed by atoms with Gasteiger partial charge in [0.05, 0.1) is 5.70 Å². The molecule has 0 spiro atoms. The molecule has 0 aromatic heterocycles. The highest BCUT2D eigenvalue weighted by Crippen LogP contribution is 2.07. The molecular weight excluding hydrogens is 188 g/mol. The molecule has 0 heterocycles. The molecule has 3 heteroatoms. The van der Waals surface area contributed by atoms with Crippen molar-refractivity contribution < 1.29 is 4.79 Å². The molecule has 0 radical (unpaired) electrons. The number of amides is 1. The Morgan fingerprint density at radius 2 is 1.87 bits per heavy atom. The summed E-state index contributed by atoms with van der Waals surface area (Å²) in [6.07, 6.45) is 2.17. The Hall–Kier alpha value is -2.03. The molecule has 1 amide bonds. The lowest BCUT2D eigenvalue weighted by atomic mass is 10.1. The molecule has 0 fully saturated rings. The first-order valence-electron chi connectivity index (χ1n) is 4.58. The van der Waals surface area contributed by atoms with Gasteiger partial charge in [0.2, 0.25) is 0 Å². The van der Waals surface area contributed by atoms with E-state index in [1.165, 1.54) is 6.08 Å². The predicted octanol–water partition coefficient (Wildman–Crippen LogP) is 1.11. The van der Waals surface area contributed by atoms with E-state index < -0.39 is 5.91 Å². The van der Waals surface area contributed by atoms with Crippen LogP contribution in [0.3, 0.4) is 0 Å². The van der Waals surface area contributed by atoms with Crippen molar-refractivity contribution in [2.75, 3.05) is 0 Å². The summed E-state index contributed by atoms with van der Waals surface area (Å²) in [5.74, 6) is -0.621. The highest BCUT2D eigenvalue weighted by Gasteiger charge is 1.99. The van der Waals surface area contributed by atoms with Crippen LogP contribution in [0.1, 0.15) is 5.56 Å². The van der Waals surface area contributed by atoms with Crippen LogP contribution in [-0.2, 0) is 11.2 Å². The average Bonchev–Trinajstić information content (AvgIpc) is 2.18. The van der Waals surface area contributed by atoms with Gasteiger partial charge in [0.1, 0.15) is 0 Å². The zero-order valence-corrected chi connectivity index (χ0v) is 8.44. The Kier molecular flexibility index (Phi) is 3.68.